The molecule has 0 radical (unpaired) electrons. The van der Waals surface area contributed by atoms with E-state index >= 15 is 0 Å². The molecular formula is C18H17N3. The number of hydrogen-bond donors (Lipinski definition) is 1. The lowest BCUT2D eigenvalue weighted by atomic mass is 9.93. The summed E-state index contributed by atoms with van der Waals surface area (Å²) in [6.07, 6.45) is 6.85. The number of fused-ring (bicyclic) bond motifs is 1. The molecule has 104 valence electrons. The molecule has 3 heteroatoms. The first kappa shape index (κ1) is 12.2. The van der Waals surface area contributed by atoms with E-state index in [-0.39, 0.29) is 6.04 Å². The fraction of sp³-hybridized carbons (Fsp3) is 0.167. The van der Waals surface area contributed by atoms with E-state index in [1.54, 1.807) is 0 Å². The summed E-state index contributed by atoms with van der Waals surface area (Å²) in [5.41, 5.74) is 5.27. The number of nitrogens with zero attached hydrogens (tertiary/aromatic N) is 2. The van der Waals surface area contributed by atoms with Gasteiger partial charge in [0.05, 0.1) is 6.04 Å². The van der Waals surface area contributed by atoms with Gasteiger partial charge >= 0.3 is 0 Å². The van der Waals surface area contributed by atoms with E-state index in [9.17, 15) is 0 Å². The van der Waals surface area contributed by atoms with Crippen molar-refractivity contribution in [3.8, 4) is 0 Å². The Labute approximate surface area is 124 Å². The molecule has 1 unspecified atom stereocenters. The van der Waals surface area contributed by atoms with E-state index in [4.69, 9.17) is 0 Å². The van der Waals surface area contributed by atoms with E-state index in [1.165, 1.54) is 22.5 Å². The van der Waals surface area contributed by atoms with Crippen molar-refractivity contribution in [2.75, 3.05) is 11.4 Å². The number of nitrogens with one attached hydrogen (secondary N) is 1. The lowest BCUT2D eigenvalue weighted by Gasteiger charge is -2.37. The number of anilines is 1. The van der Waals surface area contributed by atoms with Gasteiger partial charge in [0.2, 0.25) is 0 Å². The van der Waals surface area contributed by atoms with Crippen molar-refractivity contribution < 1.29 is 0 Å². The Kier molecular flexibility index (Phi) is 2.96. The average Bonchev–Trinajstić information content (AvgIpc) is 3.04. The maximum atomic E-state index is 4.14. The monoisotopic (exact) mass is 275 g/mol. The fourth-order valence-corrected chi connectivity index (χ4v) is 3.21. The number of rotatable bonds is 2. The molecule has 0 aliphatic carbocycles. The summed E-state index contributed by atoms with van der Waals surface area (Å²) in [6.45, 7) is 1.02. The van der Waals surface area contributed by atoms with Crippen molar-refractivity contribution in [1.29, 1.82) is 0 Å². The fourth-order valence-electron chi connectivity index (χ4n) is 3.21. The SMILES string of the molecule is c1ccc(C2c3[nH]ccc3CCN2c2ccncc2)cc1. The number of hydrogen-bond acceptors (Lipinski definition) is 2. The zero-order chi connectivity index (χ0) is 14.1. The third-order valence-electron chi connectivity index (χ3n) is 4.19. The standard InChI is InChI=1S/C18H17N3/c1-2-4-15(5-3-1)18-17-14(6-12-20-17)9-13-21(18)16-7-10-19-11-8-16/h1-8,10-12,18,20H,9,13H2. The summed E-state index contributed by atoms with van der Waals surface area (Å²) in [5.74, 6) is 0. The van der Waals surface area contributed by atoms with Crippen LogP contribution in [0.15, 0.2) is 67.1 Å². The lowest BCUT2D eigenvalue weighted by Crippen LogP contribution is -2.36. The van der Waals surface area contributed by atoms with Crippen molar-refractivity contribution in [2.24, 2.45) is 0 Å². The van der Waals surface area contributed by atoms with E-state index in [0.29, 0.717) is 0 Å². The van der Waals surface area contributed by atoms with Gasteiger partial charge in [0.25, 0.3) is 0 Å². The van der Waals surface area contributed by atoms with Crippen LogP contribution in [0.1, 0.15) is 22.9 Å². The summed E-state index contributed by atoms with van der Waals surface area (Å²) in [4.78, 5) is 10.0. The van der Waals surface area contributed by atoms with Crippen LogP contribution in [0, 0.1) is 0 Å². The van der Waals surface area contributed by atoms with Crippen LogP contribution < -0.4 is 4.90 Å². The normalized spacial score (nSPS) is 17.5. The molecule has 1 aromatic carbocycles. The first-order valence-electron chi connectivity index (χ1n) is 7.31. The van der Waals surface area contributed by atoms with Crippen molar-refractivity contribution in [3.05, 3.63) is 83.9 Å². The second kappa shape index (κ2) is 5.09. The molecule has 2 aromatic heterocycles. The molecule has 0 saturated heterocycles. The summed E-state index contributed by atoms with van der Waals surface area (Å²) < 4.78 is 0. The molecule has 3 nitrogen and oxygen atoms in total. The summed E-state index contributed by atoms with van der Waals surface area (Å²) in [7, 11) is 0. The number of H-pyrrole nitrogens is 1. The Morgan fingerprint density at radius 1 is 1.00 bits per heavy atom. The first-order chi connectivity index (χ1) is 10.4. The second-order valence-corrected chi connectivity index (χ2v) is 5.38. The van der Waals surface area contributed by atoms with Gasteiger partial charge in [-0.25, -0.2) is 0 Å². The van der Waals surface area contributed by atoms with E-state index in [2.05, 4.69) is 69.6 Å². The van der Waals surface area contributed by atoms with Crippen LogP contribution >= 0.6 is 0 Å². The van der Waals surface area contributed by atoms with Gasteiger partial charge in [0, 0.05) is 36.5 Å². The van der Waals surface area contributed by atoms with Gasteiger partial charge in [-0.3, -0.25) is 4.98 Å². The Morgan fingerprint density at radius 3 is 2.62 bits per heavy atom. The Bertz CT molecular complexity index is 718. The topological polar surface area (TPSA) is 31.9 Å². The first-order valence-corrected chi connectivity index (χ1v) is 7.31. The highest BCUT2D eigenvalue weighted by atomic mass is 15.2. The van der Waals surface area contributed by atoms with Crippen molar-refractivity contribution in [3.63, 3.8) is 0 Å². The summed E-state index contributed by atoms with van der Waals surface area (Å²) in [5, 5.41) is 0. The van der Waals surface area contributed by atoms with Crippen LogP contribution in [-0.4, -0.2) is 16.5 Å². The third kappa shape index (κ3) is 2.11. The molecule has 0 amide bonds. The van der Waals surface area contributed by atoms with Crippen LogP contribution in [0.25, 0.3) is 0 Å². The summed E-state index contributed by atoms with van der Waals surface area (Å²) in [6, 6.07) is 17.3. The maximum absolute atomic E-state index is 4.14. The molecule has 1 aliphatic heterocycles. The van der Waals surface area contributed by atoms with Gasteiger partial charge in [-0.2, -0.15) is 0 Å². The maximum Gasteiger partial charge on any atom is 0.0947 e. The average molecular weight is 275 g/mol. The molecular weight excluding hydrogens is 258 g/mol. The highest BCUT2D eigenvalue weighted by Crippen LogP contribution is 2.37. The predicted molar refractivity (Wildman–Crippen MR) is 84.4 cm³/mol. The minimum Gasteiger partial charge on any atom is -0.363 e. The minimum atomic E-state index is 0.243. The molecule has 4 rings (SSSR count). The van der Waals surface area contributed by atoms with Crippen LogP contribution in [0.4, 0.5) is 5.69 Å². The zero-order valence-corrected chi connectivity index (χ0v) is 11.7. The molecule has 1 aliphatic rings. The highest BCUT2D eigenvalue weighted by molar-refractivity contribution is 5.53. The number of aromatic nitrogens is 2. The Balaban J connectivity index is 1.84. The van der Waals surface area contributed by atoms with Crippen molar-refractivity contribution >= 4 is 5.69 Å². The molecule has 3 heterocycles. The quantitative estimate of drug-likeness (QED) is 0.775. The molecule has 1 atom stereocenters. The number of pyridine rings is 1. The van der Waals surface area contributed by atoms with Gasteiger partial charge in [-0.15, -0.1) is 0 Å². The van der Waals surface area contributed by atoms with E-state index in [0.717, 1.165) is 13.0 Å². The van der Waals surface area contributed by atoms with E-state index < -0.39 is 0 Å². The van der Waals surface area contributed by atoms with Crippen LogP contribution in [-0.2, 0) is 6.42 Å². The van der Waals surface area contributed by atoms with Gasteiger partial charge < -0.3 is 9.88 Å². The molecule has 0 bridgehead atoms. The van der Waals surface area contributed by atoms with Gasteiger partial charge in [0.1, 0.15) is 0 Å². The summed E-state index contributed by atoms with van der Waals surface area (Å²) >= 11 is 0. The number of aromatic amines is 1. The van der Waals surface area contributed by atoms with Gasteiger partial charge in [-0.1, -0.05) is 30.3 Å². The largest absolute Gasteiger partial charge is 0.363 e. The van der Waals surface area contributed by atoms with Crippen LogP contribution in [0.2, 0.25) is 0 Å². The molecule has 21 heavy (non-hydrogen) atoms. The zero-order valence-electron chi connectivity index (χ0n) is 11.7. The van der Waals surface area contributed by atoms with E-state index in [1.807, 2.05) is 12.4 Å². The smallest absolute Gasteiger partial charge is 0.0947 e. The molecule has 0 fully saturated rings. The van der Waals surface area contributed by atoms with Crippen molar-refractivity contribution in [2.45, 2.75) is 12.5 Å². The van der Waals surface area contributed by atoms with Crippen molar-refractivity contribution in [1.82, 2.24) is 9.97 Å². The van der Waals surface area contributed by atoms with Gasteiger partial charge in [-0.05, 0) is 35.7 Å². The van der Waals surface area contributed by atoms with Gasteiger partial charge in [0.15, 0.2) is 0 Å². The predicted octanol–water partition coefficient (Wildman–Crippen LogP) is 3.56. The lowest BCUT2D eigenvalue weighted by molar-refractivity contribution is 0.641. The molecule has 3 aromatic rings. The molecule has 1 N–H and O–H groups in total. The third-order valence-corrected chi connectivity index (χ3v) is 4.19. The highest BCUT2D eigenvalue weighted by Gasteiger charge is 2.29. The minimum absolute atomic E-state index is 0.243. The molecule has 0 saturated carbocycles. The Hall–Kier alpha value is -2.55. The van der Waals surface area contributed by atoms with Crippen LogP contribution in [0.3, 0.4) is 0 Å². The van der Waals surface area contributed by atoms with Crippen LogP contribution in [0.5, 0.6) is 0 Å². The number of benzene rings is 1. The molecule has 0 spiro atoms. The second-order valence-electron chi connectivity index (χ2n) is 5.38. The Morgan fingerprint density at radius 2 is 1.81 bits per heavy atom.